The van der Waals surface area contributed by atoms with Crippen molar-refractivity contribution in [2.75, 3.05) is 23.4 Å². The van der Waals surface area contributed by atoms with Crippen LogP contribution in [-0.2, 0) is 19.1 Å². The second-order valence-electron chi connectivity index (χ2n) is 6.64. The molecule has 0 bridgehead atoms. The molecule has 1 saturated heterocycles. The number of amides is 2. The molecular formula is C21H19Cl2N3O4S. The van der Waals surface area contributed by atoms with Gasteiger partial charge in [0.1, 0.15) is 12.6 Å². The lowest BCUT2D eigenvalue weighted by molar-refractivity contribution is -0.144. The Bertz CT molecular complexity index is 999. The molecule has 1 aliphatic heterocycles. The van der Waals surface area contributed by atoms with Crippen molar-refractivity contribution in [3.63, 3.8) is 0 Å². The van der Waals surface area contributed by atoms with Gasteiger partial charge in [0.15, 0.2) is 5.11 Å². The topological polar surface area (TPSA) is 79.0 Å². The van der Waals surface area contributed by atoms with E-state index in [1.807, 2.05) is 0 Å². The first-order valence-corrected chi connectivity index (χ1v) is 10.6. The van der Waals surface area contributed by atoms with Crippen molar-refractivity contribution < 1.29 is 19.1 Å². The third-order valence-electron chi connectivity index (χ3n) is 4.51. The van der Waals surface area contributed by atoms with E-state index in [-0.39, 0.29) is 24.7 Å². The smallest absolute Gasteiger partial charge is 0.325 e. The summed E-state index contributed by atoms with van der Waals surface area (Å²) in [6, 6.07) is 12.2. The van der Waals surface area contributed by atoms with Crippen LogP contribution >= 0.6 is 35.4 Å². The zero-order chi connectivity index (χ0) is 22.5. The number of halogens is 2. The van der Waals surface area contributed by atoms with Crippen LogP contribution in [0.1, 0.15) is 13.3 Å². The van der Waals surface area contributed by atoms with Gasteiger partial charge in [0.05, 0.1) is 18.7 Å². The van der Waals surface area contributed by atoms with Gasteiger partial charge in [-0.3, -0.25) is 19.3 Å². The van der Waals surface area contributed by atoms with Crippen molar-refractivity contribution in [3.8, 4) is 0 Å². The minimum absolute atomic E-state index is 0.115. The number of thiocarbonyl (C=S) groups is 1. The fourth-order valence-corrected chi connectivity index (χ4v) is 3.75. The van der Waals surface area contributed by atoms with Gasteiger partial charge in [0.25, 0.3) is 5.91 Å². The van der Waals surface area contributed by atoms with Crippen LogP contribution in [0.4, 0.5) is 11.4 Å². The Hall–Kier alpha value is -2.68. The summed E-state index contributed by atoms with van der Waals surface area (Å²) in [5.41, 5.74) is 1.03. The largest absolute Gasteiger partial charge is 0.465 e. The number of hydrogen-bond acceptors (Lipinski definition) is 5. The standard InChI is InChI=1S/C21H19Cl2N3O4S/c1-2-30-19(28)12-25-17(11-18(27)24-15-7-3-13(22)4-8-15)20(29)26(21(25)31)16-9-5-14(23)6-10-16/h3-10,17H,2,11-12H2,1H3,(H,24,27)/t17-/m1/s1. The molecule has 0 aromatic heterocycles. The number of hydrogen-bond donors (Lipinski definition) is 1. The molecule has 7 nitrogen and oxygen atoms in total. The normalized spacial score (nSPS) is 15.9. The number of ether oxygens (including phenoxy) is 1. The van der Waals surface area contributed by atoms with Gasteiger partial charge < -0.3 is 15.0 Å². The van der Waals surface area contributed by atoms with Crippen molar-refractivity contribution in [2.24, 2.45) is 0 Å². The van der Waals surface area contributed by atoms with Gasteiger partial charge in [-0.15, -0.1) is 0 Å². The van der Waals surface area contributed by atoms with Crippen LogP contribution in [-0.4, -0.2) is 47.0 Å². The average molecular weight is 480 g/mol. The summed E-state index contributed by atoms with van der Waals surface area (Å²) in [7, 11) is 0. The van der Waals surface area contributed by atoms with Gasteiger partial charge in [-0.05, 0) is 67.7 Å². The first kappa shape index (κ1) is 23.0. The lowest BCUT2D eigenvalue weighted by atomic mass is 10.1. The summed E-state index contributed by atoms with van der Waals surface area (Å²) in [5.74, 6) is -1.36. The molecule has 0 aliphatic carbocycles. The molecule has 0 unspecified atom stereocenters. The van der Waals surface area contributed by atoms with Crippen LogP contribution in [0.5, 0.6) is 0 Å². The molecule has 3 rings (SSSR count). The highest BCUT2D eigenvalue weighted by Gasteiger charge is 2.45. The van der Waals surface area contributed by atoms with Gasteiger partial charge in [-0.25, -0.2) is 0 Å². The summed E-state index contributed by atoms with van der Waals surface area (Å²) >= 11 is 17.3. The summed E-state index contributed by atoms with van der Waals surface area (Å²) in [5, 5.41) is 3.88. The van der Waals surface area contributed by atoms with Crippen LogP contribution in [0.15, 0.2) is 48.5 Å². The van der Waals surface area contributed by atoms with E-state index in [9.17, 15) is 14.4 Å². The number of carbonyl (C=O) groups excluding carboxylic acids is 3. The van der Waals surface area contributed by atoms with Crippen LogP contribution in [0, 0.1) is 0 Å². The SMILES string of the molecule is CCOC(=O)CN1C(=S)N(c2ccc(Cl)cc2)C(=O)[C@H]1CC(=O)Nc1ccc(Cl)cc1. The summed E-state index contributed by atoms with van der Waals surface area (Å²) in [4.78, 5) is 40.6. The lowest BCUT2D eigenvalue weighted by Gasteiger charge is -2.22. The van der Waals surface area contributed by atoms with E-state index >= 15 is 0 Å². The van der Waals surface area contributed by atoms with Crippen LogP contribution < -0.4 is 10.2 Å². The van der Waals surface area contributed by atoms with E-state index in [0.717, 1.165) is 0 Å². The Balaban J connectivity index is 1.82. The highest BCUT2D eigenvalue weighted by Crippen LogP contribution is 2.28. The Kier molecular flexibility index (Phi) is 7.48. The monoisotopic (exact) mass is 479 g/mol. The van der Waals surface area contributed by atoms with E-state index < -0.39 is 23.8 Å². The number of carbonyl (C=O) groups is 3. The van der Waals surface area contributed by atoms with Gasteiger partial charge in [0, 0.05) is 15.7 Å². The predicted molar refractivity (Wildman–Crippen MR) is 123 cm³/mol. The average Bonchev–Trinajstić information content (AvgIpc) is 2.95. The Morgan fingerprint density at radius 3 is 2.23 bits per heavy atom. The number of nitrogens with zero attached hydrogens (tertiary/aromatic N) is 2. The maximum Gasteiger partial charge on any atom is 0.325 e. The molecular weight excluding hydrogens is 461 g/mol. The number of benzene rings is 2. The number of esters is 1. The van der Waals surface area contributed by atoms with Gasteiger partial charge in [-0.1, -0.05) is 23.2 Å². The molecule has 1 N–H and O–H groups in total. The fourth-order valence-electron chi connectivity index (χ4n) is 3.11. The van der Waals surface area contributed by atoms with Gasteiger partial charge >= 0.3 is 5.97 Å². The molecule has 1 fully saturated rings. The molecule has 31 heavy (non-hydrogen) atoms. The van der Waals surface area contributed by atoms with Gasteiger partial charge in [-0.2, -0.15) is 0 Å². The lowest BCUT2D eigenvalue weighted by Crippen LogP contribution is -2.41. The molecule has 162 valence electrons. The fraction of sp³-hybridized carbons (Fsp3) is 0.238. The predicted octanol–water partition coefficient (Wildman–Crippen LogP) is 3.89. The van der Waals surface area contributed by atoms with E-state index in [2.05, 4.69) is 5.32 Å². The minimum atomic E-state index is -0.958. The molecule has 0 radical (unpaired) electrons. The van der Waals surface area contributed by atoms with E-state index in [1.165, 1.54) is 9.80 Å². The van der Waals surface area contributed by atoms with Gasteiger partial charge in [0.2, 0.25) is 5.91 Å². The summed E-state index contributed by atoms with van der Waals surface area (Å²) in [6.07, 6.45) is -0.203. The van der Waals surface area contributed by atoms with E-state index in [1.54, 1.807) is 55.5 Å². The molecule has 0 spiro atoms. The second kappa shape index (κ2) is 10.1. The Labute approximate surface area is 194 Å². The van der Waals surface area contributed by atoms with Crippen LogP contribution in [0.25, 0.3) is 0 Å². The molecule has 1 aliphatic rings. The maximum absolute atomic E-state index is 13.2. The molecule has 2 aromatic rings. The molecule has 0 saturated carbocycles. The van der Waals surface area contributed by atoms with E-state index in [0.29, 0.717) is 21.4 Å². The summed E-state index contributed by atoms with van der Waals surface area (Å²) < 4.78 is 5.00. The highest BCUT2D eigenvalue weighted by atomic mass is 35.5. The molecule has 2 amide bonds. The number of rotatable bonds is 7. The first-order chi connectivity index (χ1) is 14.8. The second-order valence-corrected chi connectivity index (χ2v) is 7.88. The maximum atomic E-state index is 13.2. The third-order valence-corrected chi connectivity index (χ3v) is 5.44. The van der Waals surface area contributed by atoms with Crippen molar-refractivity contribution in [2.45, 2.75) is 19.4 Å². The number of anilines is 2. The van der Waals surface area contributed by atoms with Crippen molar-refractivity contribution >= 4 is 69.7 Å². The Morgan fingerprint density at radius 1 is 1.06 bits per heavy atom. The van der Waals surface area contributed by atoms with Crippen molar-refractivity contribution in [3.05, 3.63) is 58.6 Å². The Morgan fingerprint density at radius 2 is 1.65 bits per heavy atom. The van der Waals surface area contributed by atoms with Crippen LogP contribution in [0.2, 0.25) is 10.0 Å². The zero-order valence-corrected chi connectivity index (χ0v) is 18.8. The summed E-state index contributed by atoms with van der Waals surface area (Å²) in [6.45, 7) is 1.62. The minimum Gasteiger partial charge on any atom is -0.465 e. The van der Waals surface area contributed by atoms with E-state index in [4.69, 9.17) is 40.2 Å². The van der Waals surface area contributed by atoms with Crippen molar-refractivity contribution in [1.29, 1.82) is 0 Å². The van der Waals surface area contributed by atoms with Crippen molar-refractivity contribution in [1.82, 2.24) is 4.90 Å². The molecule has 1 atom stereocenters. The number of nitrogens with one attached hydrogen (secondary N) is 1. The zero-order valence-electron chi connectivity index (χ0n) is 16.5. The molecule has 1 heterocycles. The molecule has 2 aromatic carbocycles. The quantitative estimate of drug-likeness (QED) is 0.479. The first-order valence-electron chi connectivity index (χ1n) is 9.41. The third kappa shape index (κ3) is 5.52. The molecule has 10 heteroatoms. The highest BCUT2D eigenvalue weighted by molar-refractivity contribution is 7.80. The van der Waals surface area contributed by atoms with Crippen LogP contribution in [0.3, 0.4) is 0 Å².